The molecule has 0 radical (unpaired) electrons. The number of likely N-dealkylation sites (tertiary alicyclic amines) is 1. The first-order valence-corrected chi connectivity index (χ1v) is 11.7. The second kappa shape index (κ2) is 11.9. The van der Waals surface area contributed by atoms with Crippen LogP contribution in [0.15, 0.2) is 30.3 Å². The summed E-state index contributed by atoms with van der Waals surface area (Å²) in [5.41, 5.74) is 0.372. The molecule has 1 aliphatic rings. The van der Waals surface area contributed by atoms with Gasteiger partial charge in [-0.1, -0.05) is 44.2 Å². The molecule has 184 valence electrons. The summed E-state index contributed by atoms with van der Waals surface area (Å²) in [6, 6.07) is 8.74. The van der Waals surface area contributed by atoms with E-state index in [0.717, 1.165) is 18.4 Å². The number of hydrogen-bond acceptors (Lipinski definition) is 5. The Bertz CT molecular complexity index is 783. The van der Waals surface area contributed by atoms with E-state index < -0.39 is 17.7 Å². The first kappa shape index (κ1) is 26.5. The Balaban J connectivity index is 1.82. The van der Waals surface area contributed by atoms with Crippen LogP contribution in [0.25, 0.3) is 0 Å². The van der Waals surface area contributed by atoms with Gasteiger partial charge in [-0.25, -0.2) is 9.59 Å². The molecule has 0 bridgehead atoms. The van der Waals surface area contributed by atoms with E-state index in [4.69, 9.17) is 9.47 Å². The van der Waals surface area contributed by atoms with E-state index in [1.54, 1.807) is 16.8 Å². The lowest BCUT2D eigenvalue weighted by Gasteiger charge is -2.35. The molecule has 8 heteroatoms. The maximum Gasteiger partial charge on any atom is 0.410 e. The van der Waals surface area contributed by atoms with E-state index in [1.807, 2.05) is 65.0 Å². The standard InChI is InChI=1S/C25H39N3O5/c1-18(2)21(26-23(30)32-17-20-10-8-7-9-11-20)22(29)27(6)16-19-12-14-28(15-13-19)24(31)33-25(3,4)5/h7-11,18-19,21H,12-17H2,1-6H3,(H,26,30). The number of ether oxygens (including phenoxy) is 2. The van der Waals surface area contributed by atoms with E-state index >= 15 is 0 Å². The minimum absolute atomic E-state index is 0.0850. The summed E-state index contributed by atoms with van der Waals surface area (Å²) in [7, 11) is 1.76. The number of rotatable bonds is 7. The zero-order valence-corrected chi connectivity index (χ0v) is 20.8. The predicted molar refractivity (Wildman–Crippen MR) is 127 cm³/mol. The van der Waals surface area contributed by atoms with Gasteiger partial charge in [-0.2, -0.15) is 0 Å². The van der Waals surface area contributed by atoms with Crippen molar-refractivity contribution in [1.29, 1.82) is 0 Å². The second-order valence-corrected chi connectivity index (χ2v) is 10.1. The fraction of sp³-hybridized carbons (Fsp3) is 0.640. The summed E-state index contributed by atoms with van der Waals surface area (Å²) < 4.78 is 10.7. The topological polar surface area (TPSA) is 88.2 Å². The van der Waals surface area contributed by atoms with Gasteiger partial charge in [0.05, 0.1) is 0 Å². The molecule has 0 aliphatic carbocycles. The van der Waals surface area contributed by atoms with Crippen LogP contribution in [0, 0.1) is 11.8 Å². The van der Waals surface area contributed by atoms with Crippen LogP contribution >= 0.6 is 0 Å². The quantitative estimate of drug-likeness (QED) is 0.662. The van der Waals surface area contributed by atoms with Gasteiger partial charge in [0.15, 0.2) is 0 Å². The molecule has 1 aromatic rings. The molecular weight excluding hydrogens is 422 g/mol. The molecule has 1 heterocycles. The third-order valence-corrected chi connectivity index (χ3v) is 5.59. The van der Waals surface area contributed by atoms with Crippen molar-refractivity contribution in [2.75, 3.05) is 26.7 Å². The number of hydrogen-bond donors (Lipinski definition) is 1. The van der Waals surface area contributed by atoms with Gasteiger partial charge in [-0.15, -0.1) is 0 Å². The molecule has 0 aromatic heterocycles. The van der Waals surface area contributed by atoms with Crippen LogP contribution in [0.1, 0.15) is 53.0 Å². The Kier molecular flexibility index (Phi) is 9.56. The lowest BCUT2D eigenvalue weighted by molar-refractivity contribution is -0.134. The molecule has 0 spiro atoms. The highest BCUT2D eigenvalue weighted by molar-refractivity contribution is 5.85. The summed E-state index contributed by atoms with van der Waals surface area (Å²) in [5, 5.41) is 2.73. The normalized spacial score (nSPS) is 15.7. The number of amides is 3. The maximum atomic E-state index is 13.1. The number of piperidine rings is 1. The zero-order valence-electron chi connectivity index (χ0n) is 20.8. The number of carbonyl (C=O) groups is 3. The van der Waals surface area contributed by atoms with Gasteiger partial charge in [0.25, 0.3) is 0 Å². The lowest BCUT2D eigenvalue weighted by atomic mass is 9.95. The van der Waals surface area contributed by atoms with Crippen LogP contribution in [0.5, 0.6) is 0 Å². The Morgan fingerprint density at radius 2 is 1.73 bits per heavy atom. The molecule has 1 atom stereocenters. The minimum atomic E-state index is -0.667. The van der Waals surface area contributed by atoms with Crippen molar-refractivity contribution in [1.82, 2.24) is 15.1 Å². The van der Waals surface area contributed by atoms with Gasteiger partial charge in [0, 0.05) is 26.7 Å². The number of alkyl carbamates (subject to hydrolysis) is 1. The Hall–Kier alpha value is -2.77. The molecule has 33 heavy (non-hydrogen) atoms. The Morgan fingerprint density at radius 3 is 2.27 bits per heavy atom. The maximum absolute atomic E-state index is 13.1. The van der Waals surface area contributed by atoms with Crippen molar-refractivity contribution >= 4 is 18.1 Å². The molecule has 1 unspecified atom stereocenters. The second-order valence-electron chi connectivity index (χ2n) is 10.1. The first-order chi connectivity index (χ1) is 15.5. The van der Waals surface area contributed by atoms with Gasteiger partial charge in [0.1, 0.15) is 18.2 Å². The zero-order chi connectivity index (χ0) is 24.6. The van der Waals surface area contributed by atoms with E-state index in [9.17, 15) is 14.4 Å². The van der Waals surface area contributed by atoms with Crippen molar-refractivity contribution in [3.05, 3.63) is 35.9 Å². The molecule has 1 saturated heterocycles. The van der Waals surface area contributed by atoms with Crippen molar-refractivity contribution in [3.63, 3.8) is 0 Å². The van der Waals surface area contributed by atoms with Gasteiger partial charge < -0.3 is 24.6 Å². The van der Waals surface area contributed by atoms with Crippen LogP contribution in [-0.4, -0.2) is 66.2 Å². The SMILES string of the molecule is CC(C)C(NC(=O)OCc1ccccc1)C(=O)N(C)CC1CCN(C(=O)OC(C)(C)C)CC1. The average molecular weight is 462 g/mol. The van der Waals surface area contributed by atoms with Gasteiger partial charge >= 0.3 is 12.2 Å². The number of benzene rings is 1. The summed E-state index contributed by atoms with van der Waals surface area (Å²) in [4.78, 5) is 41.0. The average Bonchev–Trinajstić information content (AvgIpc) is 2.75. The molecule has 2 rings (SSSR count). The van der Waals surface area contributed by atoms with E-state index in [2.05, 4.69) is 5.32 Å². The predicted octanol–water partition coefficient (Wildman–Crippen LogP) is 4.04. The highest BCUT2D eigenvalue weighted by Crippen LogP contribution is 2.21. The molecular formula is C25H39N3O5. The third kappa shape index (κ3) is 8.94. The molecule has 1 aliphatic heterocycles. The summed E-state index contributed by atoms with van der Waals surface area (Å²) in [6.45, 7) is 11.3. The van der Waals surface area contributed by atoms with E-state index in [0.29, 0.717) is 19.6 Å². The van der Waals surface area contributed by atoms with Crippen LogP contribution < -0.4 is 5.32 Å². The van der Waals surface area contributed by atoms with Crippen LogP contribution in [-0.2, 0) is 20.9 Å². The van der Waals surface area contributed by atoms with Crippen molar-refractivity contribution in [2.24, 2.45) is 11.8 Å². The number of likely N-dealkylation sites (N-methyl/N-ethyl adjacent to an activating group) is 1. The summed E-state index contributed by atoms with van der Waals surface area (Å²) in [6.07, 6.45) is 0.708. The highest BCUT2D eigenvalue weighted by Gasteiger charge is 2.31. The highest BCUT2D eigenvalue weighted by atomic mass is 16.6. The van der Waals surface area contributed by atoms with Crippen molar-refractivity contribution < 1.29 is 23.9 Å². The fourth-order valence-electron chi connectivity index (χ4n) is 3.74. The summed E-state index contributed by atoms with van der Waals surface area (Å²) in [5.74, 6) is 0.0601. The van der Waals surface area contributed by atoms with Crippen LogP contribution in [0.2, 0.25) is 0 Å². The molecule has 8 nitrogen and oxygen atoms in total. The van der Waals surface area contributed by atoms with Gasteiger partial charge in [0.2, 0.25) is 5.91 Å². The number of nitrogens with zero attached hydrogens (tertiary/aromatic N) is 2. The largest absolute Gasteiger partial charge is 0.445 e. The summed E-state index contributed by atoms with van der Waals surface area (Å²) >= 11 is 0. The van der Waals surface area contributed by atoms with Crippen LogP contribution in [0.3, 0.4) is 0 Å². The van der Waals surface area contributed by atoms with Gasteiger partial charge in [-0.3, -0.25) is 4.79 Å². The van der Waals surface area contributed by atoms with Crippen LogP contribution in [0.4, 0.5) is 9.59 Å². The molecule has 1 fully saturated rings. The Labute approximate surface area is 197 Å². The number of nitrogens with one attached hydrogen (secondary N) is 1. The molecule has 3 amide bonds. The van der Waals surface area contributed by atoms with E-state index in [-0.39, 0.29) is 30.4 Å². The smallest absolute Gasteiger partial charge is 0.410 e. The van der Waals surface area contributed by atoms with Crippen molar-refractivity contribution in [2.45, 2.75) is 65.7 Å². The Morgan fingerprint density at radius 1 is 1.12 bits per heavy atom. The molecule has 1 aromatic carbocycles. The number of carbonyl (C=O) groups excluding carboxylic acids is 3. The fourth-order valence-corrected chi connectivity index (χ4v) is 3.74. The van der Waals surface area contributed by atoms with Gasteiger partial charge in [-0.05, 0) is 51.0 Å². The third-order valence-electron chi connectivity index (χ3n) is 5.59. The van der Waals surface area contributed by atoms with E-state index in [1.165, 1.54) is 0 Å². The molecule has 0 saturated carbocycles. The monoisotopic (exact) mass is 461 g/mol. The lowest BCUT2D eigenvalue weighted by Crippen LogP contribution is -2.51. The minimum Gasteiger partial charge on any atom is -0.445 e. The first-order valence-electron chi connectivity index (χ1n) is 11.7. The van der Waals surface area contributed by atoms with Crippen molar-refractivity contribution in [3.8, 4) is 0 Å². The molecule has 1 N–H and O–H groups in total.